The SMILES string of the molecule is Cc1ccc(C2CC/C(=N\O)c3ccccc32)cc1. The minimum atomic E-state index is 0.405. The Morgan fingerprint density at radius 3 is 2.53 bits per heavy atom. The van der Waals surface area contributed by atoms with Gasteiger partial charge in [0, 0.05) is 11.5 Å². The Morgan fingerprint density at radius 2 is 1.79 bits per heavy atom. The number of hydrogen-bond donors (Lipinski definition) is 1. The molecule has 1 atom stereocenters. The van der Waals surface area contributed by atoms with Gasteiger partial charge >= 0.3 is 0 Å². The van der Waals surface area contributed by atoms with E-state index in [-0.39, 0.29) is 0 Å². The van der Waals surface area contributed by atoms with Gasteiger partial charge in [0.05, 0.1) is 5.71 Å². The summed E-state index contributed by atoms with van der Waals surface area (Å²) in [6, 6.07) is 17.0. The number of oxime groups is 1. The largest absolute Gasteiger partial charge is 0.411 e. The molecule has 1 unspecified atom stereocenters. The maximum Gasteiger partial charge on any atom is 0.0871 e. The lowest BCUT2D eigenvalue weighted by atomic mass is 9.78. The van der Waals surface area contributed by atoms with E-state index in [4.69, 9.17) is 5.21 Å². The summed E-state index contributed by atoms with van der Waals surface area (Å²) in [6.07, 6.45) is 1.82. The van der Waals surface area contributed by atoms with Crippen LogP contribution in [0.4, 0.5) is 0 Å². The van der Waals surface area contributed by atoms with E-state index in [1.165, 1.54) is 16.7 Å². The van der Waals surface area contributed by atoms with Gasteiger partial charge in [0.25, 0.3) is 0 Å². The lowest BCUT2D eigenvalue weighted by molar-refractivity contribution is 0.317. The first-order valence-corrected chi connectivity index (χ1v) is 6.66. The maximum absolute atomic E-state index is 9.12. The number of benzene rings is 2. The van der Waals surface area contributed by atoms with Crippen LogP contribution in [-0.2, 0) is 0 Å². The quantitative estimate of drug-likeness (QED) is 0.600. The van der Waals surface area contributed by atoms with Crippen LogP contribution in [-0.4, -0.2) is 10.9 Å². The molecule has 2 aromatic rings. The van der Waals surface area contributed by atoms with Crippen LogP contribution >= 0.6 is 0 Å². The molecule has 0 heterocycles. The Labute approximate surface area is 113 Å². The van der Waals surface area contributed by atoms with Crippen LogP contribution in [0, 0.1) is 6.92 Å². The van der Waals surface area contributed by atoms with Crippen LogP contribution < -0.4 is 0 Å². The number of hydrogen-bond acceptors (Lipinski definition) is 2. The molecular formula is C17H17NO. The lowest BCUT2D eigenvalue weighted by Crippen LogP contribution is -2.17. The topological polar surface area (TPSA) is 32.6 Å². The summed E-state index contributed by atoms with van der Waals surface area (Å²) in [6.45, 7) is 2.11. The molecule has 0 amide bonds. The van der Waals surface area contributed by atoms with Crippen LogP contribution in [0.15, 0.2) is 53.7 Å². The smallest absolute Gasteiger partial charge is 0.0871 e. The van der Waals surface area contributed by atoms with E-state index in [0.29, 0.717) is 5.92 Å². The van der Waals surface area contributed by atoms with Gasteiger partial charge in [-0.2, -0.15) is 0 Å². The van der Waals surface area contributed by atoms with Crippen molar-refractivity contribution in [2.45, 2.75) is 25.7 Å². The van der Waals surface area contributed by atoms with Gasteiger partial charge in [-0.3, -0.25) is 0 Å². The van der Waals surface area contributed by atoms with Crippen LogP contribution in [0.3, 0.4) is 0 Å². The summed E-state index contributed by atoms with van der Waals surface area (Å²) in [5.41, 5.74) is 5.78. The van der Waals surface area contributed by atoms with Gasteiger partial charge in [0.2, 0.25) is 0 Å². The van der Waals surface area contributed by atoms with Crippen molar-refractivity contribution in [1.29, 1.82) is 0 Å². The summed E-state index contributed by atoms with van der Waals surface area (Å²) in [4.78, 5) is 0. The van der Waals surface area contributed by atoms with Gasteiger partial charge in [-0.05, 0) is 30.9 Å². The number of aryl methyl sites for hydroxylation is 1. The zero-order valence-electron chi connectivity index (χ0n) is 11.0. The van der Waals surface area contributed by atoms with E-state index >= 15 is 0 Å². The van der Waals surface area contributed by atoms with E-state index in [1.54, 1.807) is 0 Å². The Balaban J connectivity index is 2.07. The van der Waals surface area contributed by atoms with Crippen LogP contribution in [0.25, 0.3) is 0 Å². The molecule has 1 N–H and O–H groups in total. The van der Waals surface area contributed by atoms with Gasteiger partial charge in [-0.25, -0.2) is 0 Å². The third-order valence-corrected chi connectivity index (χ3v) is 3.92. The zero-order chi connectivity index (χ0) is 13.2. The van der Waals surface area contributed by atoms with Gasteiger partial charge in [-0.1, -0.05) is 59.3 Å². The summed E-state index contributed by atoms with van der Waals surface area (Å²) in [5.74, 6) is 0.405. The molecule has 3 rings (SSSR count). The van der Waals surface area contributed by atoms with Gasteiger partial charge in [0.1, 0.15) is 0 Å². The third-order valence-electron chi connectivity index (χ3n) is 3.92. The van der Waals surface area contributed by atoms with Crippen LogP contribution in [0.1, 0.15) is 41.0 Å². The highest BCUT2D eigenvalue weighted by Gasteiger charge is 2.25. The number of nitrogens with zero attached hydrogens (tertiary/aromatic N) is 1. The molecule has 0 bridgehead atoms. The molecule has 1 aliphatic rings. The molecule has 0 aromatic heterocycles. The molecule has 0 radical (unpaired) electrons. The van der Waals surface area contributed by atoms with Crippen molar-refractivity contribution in [2.24, 2.45) is 5.16 Å². The van der Waals surface area contributed by atoms with Crippen molar-refractivity contribution < 1.29 is 5.21 Å². The molecule has 96 valence electrons. The second-order valence-corrected chi connectivity index (χ2v) is 5.14. The van der Waals surface area contributed by atoms with E-state index in [1.807, 2.05) is 12.1 Å². The van der Waals surface area contributed by atoms with E-state index < -0.39 is 0 Å². The fourth-order valence-corrected chi connectivity index (χ4v) is 2.88. The standard InChI is InChI=1S/C17H17NO/c1-12-6-8-13(9-7-12)14-10-11-17(18-19)16-5-3-2-4-15(14)16/h2-9,14,19H,10-11H2,1H3/b18-17+. The maximum atomic E-state index is 9.12. The molecule has 19 heavy (non-hydrogen) atoms. The predicted molar refractivity (Wildman–Crippen MR) is 77.0 cm³/mol. The minimum absolute atomic E-state index is 0.405. The van der Waals surface area contributed by atoms with Crippen molar-refractivity contribution >= 4 is 5.71 Å². The molecule has 0 fully saturated rings. The molecule has 0 saturated heterocycles. The Kier molecular flexibility index (Phi) is 3.08. The molecule has 2 nitrogen and oxygen atoms in total. The van der Waals surface area contributed by atoms with Crippen LogP contribution in [0.2, 0.25) is 0 Å². The number of fused-ring (bicyclic) bond motifs is 1. The second kappa shape index (κ2) is 4.88. The molecule has 0 saturated carbocycles. The van der Waals surface area contributed by atoms with Crippen molar-refractivity contribution in [1.82, 2.24) is 0 Å². The predicted octanol–water partition coefficient (Wildman–Crippen LogP) is 4.10. The molecule has 2 heteroatoms. The van der Waals surface area contributed by atoms with Gasteiger partial charge in [0.15, 0.2) is 0 Å². The molecule has 0 aliphatic heterocycles. The average molecular weight is 251 g/mol. The van der Waals surface area contributed by atoms with E-state index in [0.717, 1.165) is 24.1 Å². The summed E-state index contributed by atoms with van der Waals surface area (Å²) in [7, 11) is 0. The zero-order valence-corrected chi connectivity index (χ0v) is 11.0. The highest BCUT2D eigenvalue weighted by Crippen LogP contribution is 2.36. The Hall–Kier alpha value is -2.09. The molecule has 1 aliphatic carbocycles. The van der Waals surface area contributed by atoms with Gasteiger partial charge in [-0.15, -0.1) is 0 Å². The highest BCUT2D eigenvalue weighted by molar-refractivity contribution is 6.02. The Morgan fingerprint density at radius 1 is 1.05 bits per heavy atom. The average Bonchev–Trinajstić information content (AvgIpc) is 2.47. The summed E-state index contributed by atoms with van der Waals surface area (Å²) >= 11 is 0. The summed E-state index contributed by atoms with van der Waals surface area (Å²) in [5, 5.41) is 12.6. The Bertz CT molecular complexity index is 613. The van der Waals surface area contributed by atoms with Crippen molar-refractivity contribution in [3.05, 3.63) is 70.8 Å². The first-order valence-electron chi connectivity index (χ1n) is 6.66. The van der Waals surface area contributed by atoms with Crippen LogP contribution in [0.5, 0.6) is 0 Å². The molecular weight excluding hydrogens is 234 g/mol. The van der Waals surface area contributed by atoms with Crippen molar-refractivity contribution in [2.75, 3.05) is 0 Å². The first kappa shape index (κ1) is 12.0. The fourth-order valence-electron chi connectivity index (χ4n) is 2.88. The van der Waals surface area contributed by atoms with E-state index in [9.17, 15) is 0 Å². The monoisotopic (exact) mass is 251 g/mol. The first-order chi connectivity index (χ1) is 9.29. The lowest BCUT2D eigenvalue weighted by Gasteiger charge is -2.26. The summed E-state index contributed by atoms with van der Waals surface area (Å²) < 4.78 is 0. The highest BCUT2D eigenvalue weighted by atomic mass is 16.4. The van der Waals surface area contributed by atoms with Crippen molar-refractivity contribution in [3.8, 4) is 0 Å². The van der Waals surface area contributed by atoms with Gasteiger partial charge < -0.3 is 5.21 Å². The van der Waals surface area contributed by atoms with Crippen molar-refractivity contribution in [3.63, 3.8) is 0 Å². The molecule has 0 spiro atoms. The minimum Gasteiger partial charge on any atom is -0.411 e. The third kappa shape index (κ3) is 2.14. The number of rotatable bonds is 1. The fraction of sp³-hybridized carbons (Fsp3) is 0.235. The second-order valence-electron chi connectivity index (χ2n) is 5.14. The molecule has 2 aromatic carbocycles. The van der Waals surface area contributed by atoms with E-state index in [2.05, 4.69) is 48.5 Å². The normalized spacial score (nSPS) is 20.3.